The van der Waals surface area contributed by atoms with Gasteiger partial charge in [-0.1, -0.05) is 36.4 Å². The predicted molar refractivity (Wildman–Crippen MR) is 170 cm³/mol. The number of para-hydroxylation sites is 1. The van der Waals surface area contributed by atoms with Crippen molar-refractivity contribution in [3.63, 3.8) is 0 Å². The van der Waals surface area contributed by atoms with E-state index < -0.39 is 16.7 Å². The molecule has 4 aromatic rings. The minimum absolute atomic E-state index is 0.135. The summed E-state index contributed by atoms with van der Waals surface area (Å²) in [5.74, 6) is -1.34. The molecule has 0 saturated carbocycles. The molecule has 1 unspecified atom stereocenters. The maximum absolute atomic E-state index is 13.3. The van der Waals surface area contributed by atoms with Gasteiger partial charge in [0.05, 0.1) is 15.7 Å². The molecule has 0 aromatic heterocycles. The Labute approximate surface area is 253 Å². The van der Waals surface area contributed by atoms with Crippen LogP contribution in [-0.4, -0.2) is 27.9 Å². The Hall–Kier alpha value is -5.22. The molecule has 218 valence electrons. The van der Waals surface area contributed by atoms with Gasteiger partial charge in [-0.15, -0.1) is 11.8 Å². The maximum Gasteiger partial charge on any atom is 0.276 e. The molecule has 0 radical (unpaired) electrons. The van der Waals surface area contributed by atoms with Crippen molar-refractivity contribution in [3.8, 4) is 0 Å². The molecule has 0 aliphatic heterocycles. The quantitative estimate of drug-likeness (QED) is 0.0807. The van der Waals surface area contributed by atoms with Gasteiger partial charge in [0.2, 0.25) is 5.91 Å². The van der Waals surface area contributed by atoms with Gasteiger partial charge >= 0.3 is 0 Å². The lowest BCUT2D eigenvalue weighted by atomic mass is 10.1. The lowest BCUT2D eigenvalue weighted by Crippen LogP contribution is -2.30. The number of nitrogens with one attached hydrogen (secondary N) is 3. The second kappa shape index (κ2) is 14.1. The van der Waals surface area contributed by atoms with Crippen LogP contribution in [0.1, 0.15) is 34.0 Å². The number of carbonyl (C=O) groups is 3. The van der Waals surface area contributed by atoms with Crippen molar-refractivity contribution >= 4 is 52.6 Å². The number of nitro benzene ring substituents is 1. The summed E-state index contributed by atoms with van der Waals surface area (Å²) in [7, 11) is 0. The van der Waals surface area contributed by atoms with Crippen LogP contribution >= 0.6 is 11.8 Å². The van der Waals surface area contributed by atoms with Gasteiger partial charge in [-0.05, 0) is 92.6 Å². The molecule has 0 aliphatic carbocycles. The van der Waals surface area contributed by atoms with Crippen LogP contribution in [0.25, 0.3) is 6.08 Å². The van der Waals surface area contributed by atoms with Gasteiger partial charge in [-0.2, -0.15) is 0 Å². The number of hydrogen-bond acceptors (Lipinski definition) is 6. The van der Waals surface area contributed by atoms with Gasteiger partial charge in [0.25, 0.3) is 17.5 Å². The average molecular weight is 595 g/mol. The monoisotopic (exact) mass is 594 g/mol. The van der Waals surface area contributed by atoms with E-state index in [1.54, 1.807) is 60.7 Å². The summed E-state index contributed by atoms with van der Waals surface area (Å²) in [5.41, 5.74) is 3.51. The summed E-state index contributed by atoms with van der Waals surface area (Å²) < 4.78 is 0. The summed E-state index contributed by atoms with van der Waals surface area (Å²) in [5, 5.41) is 19.4. The van der Waals surface area contributed by atoms with Crippen LogP contribution in [0.15, 0.2) is 108 Å². The standard InChI is InChI=1S/C33H30N4O5S/c1-21-13-14-27(19-22(21)2)35-31(38)23(3)43-28-17-15-26(16-18-28)34-33(40)29(36-32(39)24-9-5-4-6-10-24)20-25-11-7-8-12-30(25)37(41)42/h4-20,23H,1-3H3,(H,34,40)(H,35,38)(H,36,39)/b29-20-. The van der Waals surface area contributed by atoms with Crippen molar-refractivity contribution < 1.29 is 19.3 Å². The molecule has 0 aliphatic rings. The van der Waals surface area contributed by atoms with Gasteiger partial charge in [0.1, 0.15) is 5.70 Å². The average Bonchev–Trinajstić information content (AvgIpc) is 3.00. The van der Waals surface area contributed by atoms with Gasteiger partial charge in [-0.25, -0.2) is 0 Å². The smallest absolute Gasteiger partial charge is 0.276 e. The van der Waals surface area contributed by atoms with E-state index in [2.05, 4.69) is 16.0 Å². The van der Waals surface area contributed by atoms with E-state index in [1.807, 2.05) is 39.0 Å². The second-order valence-corrected chi connectivity index (χ2v) is 11.1. The van der Waals surface area contributed by atoms with Crippen LogP contribution in [0.2, 0.25) is 0 Å². The second-order valence-electron chi connectivity index (χ2n) is 9.72. The topological polar surface area (TPSA) is 130 Å². The lowest BCUT2D eigenvalue weighted by Gasteiger charge is -2.14. The highest BCUT2D eigenvalue weighted by Crippen LogP contribution is 2.27. The van der Waals surface area contributed by atoms with E-state index >= 15 is 0 Å². The van der Waals surface area contributed by atoms with E-state index in [0.717, 1.165) is 21.7 Å². The van der Waals surface area contributed by atoms with Crippen molar-refractivity contribution in [2.24, 2.45) is 0 Å². The van der Waals surface area contributed by atoms with Crippen molar-refractivity contribution in [2.75, 3.05) is 10.6 Å². The fourth-order valence-electron chi connectivity index (χ4n) is 4.01. The molecule has 4 rings (SSSR count). The highest BCUT2D eigenvalue weighted by Gasteiger charge is 2.19. The fraction of sp³-hybridized carbons (Fsp3) is 0.121. The number of nitrogens with zero attached hydrogens (tertiary/aromatic N) is 1. The molecule has 0 fully saturated rings. The third-order valence-electron chi connectivity index (χ3n) is 6.53. The Kier molecular flexibility index (Phi) is 10.1. The summed E-state index contributed by atoms with van der Waals surface area (Å²) in [4.78, 5) is 50.7. The molecule has 0 heterocycles. The number of anilines is 2. The number of benzene rings is 4. The summed E-state index contributed by atoms with van der Waals surface area (Å²) in [6, 6.07) is 26.9. The van der Waals surface area contributed by atoms with E-state index in [1.165, 1.54) is 36.0 Å². The Morgan fingerprint density at radius 2 is 1.47 bits per heavy atom. The normalized spacial score (nSPS) is 11.7. The Morgan fingerprint density at radius 3 is 2.14 bits per heavy atom. The molecular formula is C33H30N4O5S. The lowest BCUT2D eigenvalue weighted by molar-refractivity contribution is -0.385. The van der Waals surface area contributed by atoms with E-state index in [4.69, 9.17) is 0 Å². The zero-order valence-electron chi connectivity index (χ0n) is 23.8. The summed E-state index contributed by atoms with van der Waals surface area (Å²) in [6.07, 6.45) is 1.27. The van der Waals surface area contributed by atoms with Crippen LogP contribution < -0.4 is 16.0 Å². The van der Waals surface area contributed by atoms with Crippen LogP contribution in [0.4, 0.5) is 17.1 Å². The zero-order valence-corrected chi connectivity index (χ0v) is 24.6. The Morgan fingerprint density at radius 1 is 0.814 bits per heavy atom. The van der Waals surface area contributed by atoms with Crippen molar-refractivity contribution in [3.05, 3.63) is 135 Å². The van der Waals surface area contributed by atoms with Crippen LogP contribution in [0, 0.1) is 24.0 Å². The van der Waals surface area contributed by atoms with E-state index in [-0.39, 0.29) is 28.1 Å². The molecular weight excluding hydrogens is 564 g/mol. The molecule has 9 nitrogen and oxygen atoms in total. The molecule has 3 amide bonds. The van der Waals surface area contributed by atoms with Crippen LogP contribution in [0.3, 0.4) is 0 Å². The first kappa shape index (κ1) is 30.7. The molecule has 0 saturated heterocycles. The first-order valence-electron chi connectivity index (χ1n) is 13.4. The molecule has 1 atom stereocenters. The minimum atomic E-state index is -0.663. The van der Waals surface area contributed by atoms with Crippen LogP contribution in [-0.2, 0) is 9.59 Å². The third-order valence-corrected chi connectivity index (χ3v) is 7.64. The maximum atomic E-state index is 13.3. The van der Waals surface area contributed by atoms with Gasteiger partial charge in [0.15, 0.2) is 0 Å². The molecule has 0 bridgehead atoms. The largest absolute Gasteiger partial charge is 0.325 e. The fourth-order valence-corrected chi connectivity index (χ4v) is 4.88. The van der Waals surface area contributed by atoms with Gasteiger partial charge in [0, 0.05) is 27.9 Å². The summed E-state index contributed by atoms with van der Waals surface area (Å²) >= 11 is 1.37. The number of amides is 3. The van der Waals surface area contributed by atoms with Gasteiger partial charge < -0.3 is 16.0 Å². The SMILES string of the molecule is Cc1ccc(NC(=O)C(C)Sc2ccc(NC(=O)/C(=C/c3ccccc3[N+](=O)[O-])NC(=O)c3ccccc3)cc2)cc1C. The number of rotatable bonds is 10. The first-order chi connectivity index (χ1) is 20.6. The number of hydrogen-bond donors (Lipinski definition) is 3. The number of thioether (sulfide) groups is 1. The van der Waals surface area contributed by atoms with Gasteiger partial charge in [-0.3, -0.25) is 24.5 Å². The molecule has 3 N–H and O–H groups in total. The van der Waals surface area contributed by atoms with Crippen molar-refractivity contribution in [1.29, 1.82) is 0 Å². The van der Waals surface area contributed by atoms with Crippen molar-refractivity contribution in [1.82, 2.24) is 5.32 Å². The minimum Gasteiger partial charge on any atom is -0.325 e. The van der Waals surface area contributed by atoms with E-state index in [0.29, 0.717) is 11.3 Å². The predicted octanol–water partition coefficient (Wildman–Crippen LogP) is 6.74. The summed E-state index contributed by atoms with van der Waals surface area (Å²) in [6.45, 7) is 5.82. The molecule has 10 heteroatoms. The Balaban J connectivity index is 1.47. The highest BCUT2D eigenvalue weighted by molar-refractivity contribution is 8.00. The molecule has 0 spiro atoms. The molecule has 4 aromatic carbocycles. The number of nitro groups is 1. The third kappa shape index (κ3) is 8.40. The number of carbonyl (C=O) groups excluding carboxylic acids is 3. The van der Waals surface area contributed by atoms with Crippen LogP contribution in [0.5, 0.6) is 0 Å². The molecule has 43 heavy (non-hydrogen) atoms. The zero-order chi connectivity index (χ0) is 30.9. The number of aryl methyl sites for hydroxylation is 2. The van der Waals surface area contributed by atoms with Crippen molar-refractivity contribution in [2.45, 2.75) is 30.9 Å². The highest BCUT2D eigenvalue weighted by atomic mass is 32.2. The Bertz CT molecular complexity index is 1690. The van der Waals surface area contributed by atoms with E-state index in [9.17, 15) is 24.5 Å². The first-order valence-corrected chi connectivity index (χ1v) is 14.3.